The van der Waals surface area contributed by atoms with Crippen LogP contribution in [0.4, 0.5) is 10.5 Å². The average Bonchev–Trinajstić information content (AvgIpc) is 3.28. The quantitative estimate of drug-likeness (QED) is 0.535. The van der Waals surface area contributed by atoms with E-state index in [4.69, 9.17) is 21.1 Å². The smallest absolute Gasteiger partial charge is 0.321 e. The zero-order valence-electron chi connectivity index (χ0n) is 21.4. The van der Waals surface area contributed by atoms with Crippen molar-refractivity contribution in [3.63, 3.8) is 0 Å². The number of piperidine rings is 1. The van der Waals surface area contributed by atoms with Crippen molar-refractivity contribution in [1.82, 2.24) is 9.80 Å². The van der Waals surface area contributed by atoms with Crippen LogP contribution in [0.15, 0.2) is 36.4 Å². The fourth-order valence-electron chi connectivity index (χ4n) is 5.16. The van der Waals surface area contributed by atoms with Crippen molar-refractivity contribution in [3.05, 3.63) is 58.1 Å². The summed E-state index contributed by atoms with van der Waals surface area (Å²) >= 11 is 6.44. The Labute approximate surface area is 218 Å². The van der Waals surface area contributed by atoms with Crippen molar-refractivity contribution < 1.29 is 19.1 Å². The number of hydrogen-bond acceptors (Lipinski definition) is 4. The van der Waals surface area contributed by atoms with E-state index in [1.165, 1.54) is 12.7 Å². The first kappa shape index (κ1) is 25.9. The average molecular weight is 512 g/mol. The molecule has 0 unspecified atom stereocenters. The molecule has 1 N–H and O–H groups in total. The summed E-state index contributed by atoms with van der Waals surface area (Å²) < 4.78 is 10.6. The van der Waals surface area contributed by atoms with Crippen LogP contribution < -0.4 is 14.8 Å². The molecule has 8 heteroatoms. The maximum atomic E-state index is 12.9. The number of ether oxygens (including phenoxy) is 2. The first-order valence-corrected chi connectivity index (χ1v) is 12.6. The molecular formula is C28H34ClN3O4. The number of aryl methyl sites for hydroxylation is 2. The van der Waals surface area contributed by atoms with E-state index in [9.17, 15) is 9.59 Å². The molecule has 1 spiro atoms. The maximum Gasteiger partial charge on any atom is 0.321 e. The van der Waals surface area contributed by atoms with Crippen LogP contribution in [0.3, 0.4) is 0 Å². The molecule has 3 amide bonds. The van der Waals surface area contributed by atoms with Crippen LogP contribution in [0, 0.1) is 19.3 Å². The molecule has 0 aliphatic carbocycles. The molecule has 0 radical (unpaired) electrons. The van der Waals surface area contributed by atoms with Crippen molar-refractivity contribution in [3.8, 4) is 11.5 Å². The third-order valence-corrected chi connectivity index (χ3v) is 7.80. The SMILES string of the molecule is COc1ccc(C=CC(=O)N2CCC3(CCN(C(=O)Nc4ccc(C)cc4C)CC3)C2)c(Cl)c1OC. The zero-order chi connectivity index (χ0) is 25.9. The highest BCUT2D eigenvalue weighted by molar-refractivity contribution is 6.33. The van der Waals surface area contributed by atoms with E-state index in [1.54, 1.807) is 31.4 Å². The molecule has 0 bridgehead atoms. The summed E-state index contributed by atoms with van der Waals surface area (Å²) in [6.07, 6.45) is 6.02. The van der Waals surface area contributed by atoms with Crippen LogP contribution >= 0.6 is 11.6 Å². The summed E-state index contributed by atoms with van der Waals surface area (Å²) in [4.78, 5) is 29.5. The monoisotopic (exact) mass is 511 g/mol. The number of nitrogens with one attached hydrogen (secondary N) is 1. The minimum absolute atomic E-state index is 0.0345. The number of amides is 3. The number of urea groups is 1. The summed E-state index contributed by atoms with van der Waals surface area (Å²) in [6.45, 7) is 6.86. The fraction of sp³-hybridized carbons (Fsp3) is 0.429. The summed E-state index contributed by atoms with van der Waals surface area (Å²) in [7, 11) is 3.09. The van der Waals surface area contributed by atoms with E-state index in [1.807, 2.05) is 35.8 Å². The van der Waals surface area contributed by atoms with Crippen LogP contribution in [-0.2, 0) is 4.79 Å². The van der Waals surface area contributed by atoms with Crippen molar-refractivity contribution in [2.24, 2.45) is 5.41 Å². The minimum Gasteiger partial charge on any atom is -0.493 e. The summed E-state index contributed by atoms with van der Waals surface area (Å²) in [6, 6.07) is 9.54. The van der Waals surface area contributed by atoms with Gasteiger partial charge in [0.05, 0.1) is 19.2 Å². The minimum atomic E-state index is -0.0579. The second-order valence-corrected chi connectivity index (χ2v) is 10.2. The summed E-state index contributed by atoms with van der Waals surface area (Å²) in [5, 5.41) is 3.46. The fourth-order valence-corrected chi connectivity index (χ4v) is 5.46. The predicted octanol–water partition coefficient (Wildman–Crippen LogP) is 5.53. The standard InChI is InChI=1S/C28H34ClN3O4/c1-19-5-8-22(20(2)17-19)30-27(34)31-14-11-28(12-15-31)13-16-32(18-28)24(33)10-7-21-6-9-23(35-3)26(36-4)25(21)29/h5-10,17H,11-16,18H2,1-4H3,(H,30,34). The van der Waals surface area contributed by atoms with Crippen LogP contribution in [0.2, 0.25) is 5.02 Å². The van der Waals surface area contributed by atoms with E-state index < -0.39 is 0 Å². The number of methoxy groups -OCH3 is 2. The van der Waals surface area contributed by atoms with E-state index >= 15 is 0 Å². The highest BCUT2D eigenvalue weighted by atomic mass is 35.5. The number of hydrogen-bond donors (Lipinski definition) is 1. The van der Waals surface area contributed by atoms with Gasteiger partial charge in [-0.25, -0.2) is 4.79 Å². The third kappa shape index (κ3) is 5.46. The van der Waals surface area contributed by atoms with Gasteiger partial charge >= 0.3 is 6.03 Å². The molecule has 2 heterocycles. The molecule has 2 aliphatic rings. The zero-order valence-corrected chi connectivity index (χ0v) is 22.2. The van der Waals surface area contributed by atoms with E-state index in [2.05, 4.69) is 11.4 Å². The lowest BCUT2D eigenvalue weighted by Crippen LogP contribution is -2.46. The van der Waals surface area contributed by atoms with Gasteiger partial charge in [-0.3, -0.25) is 4.79 Å². The molecule has 2 saturated heterocycles. The Bertz CT molecular complexity index is 1170. The molecule has 2 aromatic carbocycles. The van der Waals surface area contributed by atoms with Crippen LogP contribution in [0.5, 0.6) is 11.5 Å². The van der Waals surface area contributed by atoms with Gasteiger partial charge in [0.15, 0.2) is 11.5 Å². The van der Waals surface area contributed by atoms with Crippen molar-refractivity contribution in [1.29, 1.82) is 0 Å². The van der Waals surface area contributed by atoms with E-state index in [0.717, 1.165) is 37.1 Å². The Kier molecular flexibility index (Phi) is 7.79. The van der Waals surface area contributed by atoms with Crippen LogP contribution in [-0.4, -0.2) is 62.1 Å². The van der Waals surface area contributed by atoms with E-state index in [-0.39, 0.29) is 17.4 Å². The van der Waals surface area contributed by atoms with Crippen LogP contribution in [0.25, 0.3) is 6.08 Å². The first-order valence-electron chi connectivity index (χ1n) is 12.3. The van der Waals surface area contributed by atoms with Gasteiger partial charge in [-0.05, 0) is 73.9 Å². The molecule has 0 atom stereocenters. The Morgan fingerprint density at radius 2 is 1.69 bits per heavy atom. The lowest BCUT2D eigenvalue weighted by atomic mass is 9.78. The van der Waals surface area contributed by atoms with Gasteiger partial charge < -0.3 is 24.6 Å². The molecule has 192 valence electrons. The highest BCUT2D eigenvalue weighted by Crippen LogP contribution is 2.41. The number of nitrogens with zero attached hydrogens (tertiary/aromatic N) is 2. The second kappa shape index (κ2) is 10.8. The Balaban J connectivity index is 1.32. The molecule has 2 aromatic rings. The maximum absolute atomic E-state index is 12.9. The van der Waals surface area contributed by atoms with Gasteiger partial charge in [-0.15, -0.1) is 0 Å². The van der Waals surface area contributed by atoms with Gasteiger partial charge in [0.2, 0.25) is 5.91 Å². The molecule has 7 nitrogen and oxygen atoms in total. The lowest BCUT2D eigenvalue weighted by Gasteiger charge is -2.39. The topological polar surface area (TPSA) is 71.1 Å². The number of carbonyl (C=O) groups is 2. The van der Waals surface area contributed by atoms with Crippen molar-refractivity contribution >= 4 is 35.3 Å². The summed E-state index contributed by atoms with van der Waals surface area (Å²) in [5.74, 6) is 0.955. The molecule has 0 saturated carbocycles. The normalized spacial score (nSPS) is 17.0. The Morgan fingerprint density at radius 3 is 2.33 bits per heavy atom. The molecule has 2 fully saturated rings. The van der Waals surface area contributed by atoms with Crippen LogP contribution in [0.1, 0.15) is 36.0 Å². The van der Waals surface area contributed by atoms with Crippen molar-refractivity contribution in [2.45, 2.75) is 33.1 Å². The third-order valence-electron chi connectivity index (χ3n) is 7.41. The number of likely N-dealkylation sites (tertiary alicyclic amines) is 2. The van der Waals surface area contributed by atoms with Gasteiger partial charge in [0.1, 0.15) is 0 Å². The largest absolute Gasteiger partial charge is 0.493 e. The lowest BCUT2D eigenvalue weighted by molar-refractivity contribution is -0.125. The number of halogens is 1. The van der Waals surface area contributed by atoms with Gasteiger partial charge in [-0.1, -0.05) is 29.3 Å². The number of benzene rings is 2. The summed E-state index contributed by atoms with van der Waals surface area (Å²) in [5.41, 5.74) is 3.85. The predicted molar refractivity (Wildman–Crippen MR) is 143 cm³/mol. The highest BCUT2D eigenvalue weighted by Gasteiger charge is 2.42. The van der Waals surface area contributed by atoms with E-state index in [0.29, 0.717) is 41.7 Å². The number of anilines is 1. The Hall–Kier alpha value is -3.19. The molecule has 4 rings (SSSR count). The van der Waals surface area contributed by atoms with Gasteiger partial charge in [0.25, 0.3) is 0 Å². The first-order chi connectivity index (χ1) is 17.2. The van der Waals surface area contributed by atoms with Crippen molar-refractivity contribution in [2.75, 3.05) is 45.7 Å². The molecule has 0 aromatic heterocycles. The van der Waals surface area contributed by atoms with Gasteiger partial charge in [0, 0.05) is 37.9 Å². The molecular weight excluding hydrogens is 478 g/mol. The Morgan fingerprint density at radius 1 is 1.00 bits per heavy atom. The molecule has 2 aliphatic heterocycles. The molecule has 36 heavy (non-hydrogen) atoms. The number of rotatable bonds is 5. The van der Waals surface area contributed by atoms with Gasteiger partial charge in [-0.2, -0.15) is 0 Å². The number of carbonyl (C=O) groups excluding carboxylic acids is 2. The second-order valence-electron chi connectivity index (χ2n) is 9.78.